The van der Waals surface area contributed by atoms with Crippen molar-refractivity contribution < 1.29 is 27.9 Å². The highest BCUT2D eigenvalue weighted by atomic mass is 35.5. The fourth-order valence-corrected chi connectivity index (χ4v) is 6.53. The molecule has 3 rings (SSSR count). The molecule has 2 aromatic carbocycles. The summed E-state index contributed by atoms with van der Waals surface area (Å²) in [5.74, 6) is -0.622. The van der Waals surface area contributed by atoms with Crippen LogP contribution in [-0.4, -0.2) is 73.4 Å². The minimum atomic E-state index is -3.97. The van der Waals surface area contributed by atoms with Crippen LogP contribution in [0.15, 0.2) is 53.4 Å². The molecule has 9 nitrogen and oxygen atoms in total. The smallest absolute Gasteiger partial charge is 0.243 e. The molecule has 3 N–H and O–H groups in total. The number of carbonyl (C=O) groups is 2. The first-order chi connectivity index (χ1) is 19.2. The SMILES string of the molecule is CC(C)CN(C[C@@H](O)C(Cc1ccccc1)NC(=O)[C@@H](NC(=O)CCl)C(C)(C)C)S(=O)(=O)c1ccc2c(c1)CCO2. The van der Waals surface area contributed by atoms with E-state index < -0.39 is 45.4 Å². The Morgan fingerprint density at radius 3 is 2.37 bits per heavy atom. The number of hydrogen-bond acceptors (Lipinski definition) is 6. The zero-order valence-corrected chi connectivity index (χ0v) is 26.0. The summed E-state index contributed by atoms with van der Waals surface area (Å²) in [5.41, 5.74) is 1.03. The summed E-state index contributed by atoms with van der Waals surface area (Å²) >= 11 is 5.68. The van der Waals surface area contributed by atoms with E-state index in [4.69, 9.17) is 16.3 Å². The van der Waals surface area contributed by atoms with Crippen LogP contribution in [0.4, 0.5) is 0 Å². The van der Waals surface area contributed by atoms with Gasteiger partial charge in [-0.05, 0) is 47.1 Å². The molecule has 0 saturated heterocycles. The largest absolute Gasteiger partial charge is 0.493 e. The van der Waals surface area contributed by atoms with Gasteiger partial charge in [0.25, 0.3) is 0 Å². The number of nitrogens with zero attached hydrogens (tertiary/aromatic N) is 1. The molecule has 0 saturated carbocycles. The Morgan fingerprint density at radius 2 is 1.76 bits per heavy atom. The topological polar surface area (TPSA) is 125 Å². The number of ether oxygens (including phenoxy) is 1. The zero-order chi connectivity index (χ0) is 30.4. The Morgan fingerprint density at radius 1 is 1.07 bits per heavy atom. The van der Waals surface area contributed by atoms with E-state index in [1.54, 1.807) is 12.1 Å². The van der Waals surface area contributed by atoms with Gasteiger partial charge in [0.2, 0.25) is 21.8 Å². The average molecular weight is 608 g/mol. The molecule has 0 radical (unpaired) electrons. The maximum atomic E-state index is 13.8. The molecule has 0 aromatic heterocycles. The van der Waals surface area contributed by atoms with Gasteiger partial charge in [-0.3, -0.25) is 9.59 Å². The molecule has 1 unspecified atom stereocenters. The van der Waals surface area contributed by atoms with E-state index >= 15 is 0 Å². The summed E-state index contributed by atoms with van der Waals surface area (Å²) in [4.78, 5) is 25.7. The van der Waals surface area contributed by atoms with Crippen LogP contribution in [0.2, 0.25) is 0 Å². The molecule has 1 heterocycles. The lowest BCUT2D eigenvalue weighted by atomic mass is 9.85. The van der Waals surface area contributed by atoms with Crippen molar-refractivity contribution in [2.75, 3.05) is 25.6 Å². The Bertz CT molecular complexity index is 1300. The van der Waals surface area contributed by atoms with Gasteiger partial charge < -0.3 is 20.5 Å². The molecule has 1 aliphatic rings. The number of hydrogen-bond donors (Lipinski definition) is 3. The average Bonchev–Trinajstić information content (AvgIpc) is 3.38. The van der Waals surface area contributed by atoms with Crippen molar-refractivity contribution in [3.63, 3.8) is 0 Å². The highest BCUT2D eigenvalue weighted by Crippen LogP contribution is 2.29. The molecular formula is C30H42ClN3O6S. The van der Waals surface area contributed by atoms with Crippen LogP contribution in [0.25, 0.3) is 0 Å². The van der Waals surface area contributed by atoms with Gasteiger partial charge in [0.1, 0.15) is 17.7 Å². The molecule has 2 aromatic rings. The normalized spacial score (nSPS) is 15.6. The van der Waals surface area contributed by atoms with E-state index in [1.165, 1.54) is 10.4 Å². The van der Waals surface area contributed by atoms with E-state index in [0.717, 1.165) is 11.1 Å². The number of rotatable bonds is 13. The molecule has 0 spiro atoms. The first-order valence-electron chi connectivity index (χ1n) is 13.9. The highest BCUT2D eigenvalue weighted by molar-refractivity contribution is 7.89. The maximum absolute atomic E-state index is 13.8. The second-order valence-corrected chi connectivity index (χ2v) is 14.2. The predicted molar refractivity (Wildman–Crippen MR) is 159 cm³/mol. The van der Waals surface area contributed by atoms with Crippen LogP contribution in [0, 0.1) is 11.3 Å². The summed E-state index contributed by atoms with van der Waals surface area (Å²) in [6.07, 6.45) is -0.374. The molecule has 0 fully saturated rings. The Hall–Kier alpha value is -2.66. The number of halogens is 1. The third-order valence-electron chi connectivity index (χ3n) is 6.90. The molecule has 0 aliphatic carbocycles. The van der Waals surface area contributed by atoms with Crippen LogP contribution in [0.3, 0.4) is 0 Å². The molecular weight excluding hydrogens is 566 g/mol. The van der Waals surface area contributed by atoms with Crippen LogP contribution >= 0.6 is 11.6 Å². The second-order valence-electron chi connectivity index (χ2n) is 12.0. The van der Waals surface area contributed by atoms with Crippen molar-refractivity contribution in [3.8, 4) is 5.75 Å². The summed E-state index contributed by atoms with van der Waals surface area (Å²) < 4.78 is 34.5. The van der Waals surface area contributed by atoms with Crippen molar-refractivity contribution in [3.05, 3.63) is 59.7 Å². The number of aliphatic hydroxyl groups excluding tert-OH is 1. The minimum absolute atomic E-state index is 0.0204. The lowest BCUT2D eigenvalue weighted by Crippen LogP contribution is -2.59. The van der Waals surface area contributed by atoms with E-state index in [-0.39, 0.29) is 36.2 Å². The molecule has 11 heteroatoms. The Kier molecular flexibility index (Phi) is 11.2. The fourth-order valence-electron chi connectivity index (χ4n) is 4.78. The van der Waals surface area contributed by atoms with Crippen LogP contribution < -0.4 is 15.4 Å². The summed E-state index contributed by atoms with van der Waals surface area (Å²) in [5, 5.41) is 17.1. The molecule has 0 bridgehead atoms. The van der Waals surface area contributed by atoms with Gasteiger partial charge in [0.05, 0.1) is 23.6 Å². The van der Waals surface area contributed by atoms with Crippen molar-refractivity contribution in [1.82, 2.24) is 14.9 Å². The van der Waals surface area contributed by atoms with Crippen molar-refractivity contribution in [2.24, 2.45) is 11.3 Å². The fraction of sp³-hybridized carbons (Fsp3) is 0.533. The van der Waals surface area contributed by atoms with Gasteiger partial charge in [-0.25, -0.2) is 8.42 Å². The van der Waals surface area contributed by atoms with Gasteiger partial charge in [-0.2, -0.15) is 4.31 Å². The van der Waals surface area contributed by atoms with Gasteiger partial charge in [-0.1, -0.05) is 65.0 Å². The van der Waals surface area contributed by atoms with Crippen LogP contribution in [0.5, 0.6) is 5.75 Å². The number of carbonyl (C=O) groups excluding carboxylic acids is 2. The van der Waals surface area contributed by atoms with Gasteiger partial charge in [0.15, 0.2) is 0 Å². The first kappa shape index (κ1) is 32.8. The predicted octanol–water partition coefficient (Wildman–Crippen LogP) is 3.13. The highest BCUT2D eigenvalue weighted by Gasteiger charge is 2.36. The number of amides is 2. The molecule has 1 aliphatic heterocycles. The molecule has 41 heavy (non-hydrogen) atoms. The first-order valence-corrected chi connectivity index (χ1v) is 15.8. The monoisotopic (exact) mass is 607 g/mol. The maximum Gasteiger partial charge on any atom is 0.243 e. The summed E-state index contributed by atoms with van der Waals surface area (Å²) in [6.45, 7) is 9.70. The van der Waals surface area contributed by atoms with Crippen molar-refractivity contribution in [2.45, 2.75) is 70.5 Å². The summed E-state index contributed by atoms with van der Waals surface area (Å²) in [6, 6.07) is 12.4. The van der Waals surface area contributed by atoms with E-state index in [1.807, 2.05) is 65.0 Å². The number of aliphatic hydroxyl groups is 1. The lowest BCUT2D eigenvalue weighted by Gasteiger charge is -2.34. The third kappa shape index (κ3) is 8.91. The van der Waals surface area contributed by atoms with E-state index in [9.17, 15) is 23.1 Å². The number of benzene rings is 2. The molecule has 2 amide bonds. The number of sulfonamides is 1. The quantitative estimate of drug-likeness (QED) is 0.301. The second kappa shape index (κ2) is 14.0. The Balaban J connectivity index is 1.91. The lowest BCUT2D eigenvalue weighted by molar-refractivity contribution is -0.131. The minimum Gasteiger partial charge on any atom is -0.493 e. The van der Waals surface area contributed by atoms with E-state index in [2.05, 4.69) is 10.6 Å². The van der Waals surface area contributed by atoms with Gasteiger partial charge in [-0.15, -0.1) is 11.6 Å². The van der Waals surface area contributed by atoms with Gasteiger partial charge in [0, 0.05) is 19.5 Å². The molecule has 3 atom stereocenters. The van der Waals surface area contributed by atoms with Crippen molar-refractivity contribution in [1.29, 1.82) is 0 Å². The zero-order valence-electron chi connectivity index (χ0n) is 24.4. The van der Waals surface area contributed by atoms with Crippen LogP contribution in [-0.2, 0) is 32.5 Å². The summed E-state index contributed by atoms with van der Waals surface area (Å²) in [7, 11) is -3.97. The number of fused-ring (bicyclic) bond motifs is 1. The van der Waals surface area contributed by atoms with Gasteiger partial charge >= 0.3 is 0 Å². The number of nitrogens with one attached hydrogen (secondary N) is 2. The van der Waals surface area contributed by atoms with Crippen molar-refractivity contribution >= 4 is 33.4 Å². The standard InChI is InChI=1S/C30H42ClN3O6S/c1-20(2)18-34(41(38,39)23-11-12-26-22(16-23)13-14-40-26)19-25(35)24(15-21-9-7-6-8-10-21)32-29(37)28(30(3,4)5)33-27(36)17-31/h6-12,16,20,24-25,28,35H,13-15,17-19H2,1-5H3,(H,32,37)(H,33,36)/t24?,25-,28-/m1/s1. The van der Waals surface area contributed by atoms with Crippen LogP contribution in [0.1, 0.15) is 45.7 Å². The molecule has 226 valence electrons. The third-order valence-corrected chi connectivity index (χ3v) is 8.97. The Labute approximate surface area is 248 Å². The van der Waals surface area contributed by atoms with E-state index in [0.29, 0.717) is 18.8 Å². The number of alkyl halides is 1.